The Kier molecular flexibility index (Phi) is 4.57. The molecule has 0 aromatic heterocycles. The predicted molar refractivity (Wildman–Crippen MR) is 89.1 cm³/mol. The highest BCUT2D eigenvalue weighted by Crippen LogP contribution is 2.32. The molecule has 0 spiro atoms. The summed E-state index contributed by atoms with van der Waals surface area (Å²) in [6.07, 6.45) is -3.51. The van der Waals surface area contributed by atoms with E-state index in [1.807, 2.05) is 18.2 Å². The molecule has 1 aliphatic rings. The topological polar surface area (TPSA) is 58.4 Å². The largest absolute Gasteiger partial charge is 0.416 e. The fourth-order valence-corrected chi connectivity index (χ4v) is 3.05. The summed E-state index contributed by atoms with van der Waals surface area (Å²) >= 11 is 0. The number of alkyl halides is 3. The number of primary amides is 1. The number of nitrogens with zero attached hydrogens (tertiary/aromatic N) is 1. The lowest BCUT2D eigenvalue weighted by Gasteiger charge is -2.20. The first-order valence-electron chi connectivity index (χ1n) is 7.89. The van der Waals surface area contributed by atoms with Crippen molar-refractivity contribution in [3.63, 3.8) is 0 Å². The Labute approximate surface area is 143 Å². The number of carbonyl (C=O) groups excluding carboxylic acids is 1. The van der Waals surface area contributed by atoms with Crippen molar-refractivity contribution in [3.05, 3.63) is 64.7 Å². The molecule has 0 bridgehead atoms. The summed E-state index contributed by atoms with van der Waals surface area (Å²) in [5.41, 5.74) is 8.14. The fraction of sp³-hybridized carbons (Fsp3) is 0.278. The minimum absolute atomic E-state index is 0.357. The molecule has 1 aliphatic heterocycles. The summed E-state index contributed by atoms with van der Waals surface area (Å²) in [6.45, 7) is 1.53. The summed E-state index contributed by atoms with van der Waals surface area (Å²) in [6, 6.07) is 10.7. The van der Waals surface area contributed by atoms with Gasteiger partial charge >= 0.3 is 12.2 Å². The molecule has 0 aliphatic carbocycles. The SMILES string of the molecule is NC(=O)NCc1ccc2c(c1)CCN2Cc1cccc(C(F)(F)F)c1. The van der Waals surface area contributed by atoms with Gasteiger partial charge in [0.2, 0.25) is 0 Å². The maximum atomic E-state index is 12.8. The second kappa shape index (κ2) is 6.66. The first-order chi connectivity index (χ1) is 11.8. The number of nitrogens with two attached hydrogens (primary N) is 1. The van der Waals surface area contributed by atoms with Crippen molar-refractivity contribution in [2.24, 2.45) is 5.73 Å². The van der Waals surface area contributed by atoms with Gasteiger partial charge in [-0.3, -0.25) is 0 Å². The third-order valence-corrected chi connectivity index (χ3v) is 4.23. The number of anilines is 1. The molecule has 25 heavy (non-hydrogen) atoms. The molecule has 0 saturated carbocycles. The number of hydrogen-bond acceptors (Lipinski definition) is 2. The number of benzene rings is 2. The second-order valence-electron chi connectivity index (χ2n) is 6.05. The summed E-state index contributed by atoms with van der Waals surface area (Å²) in [4.78, 5) is 12.8. The van der Waals surface area contributed by atoms with Crippen LogP contribution >= 0.6 is 0 Å². The van der Waals surface area contributed by atoms with Crippen LogP contribution in [0, 0.1) is 0 Å². The Morgan fingerprint density at radius 1 is 1.16 bits per heavy atom. The Morgan fingerprint density at radius 2 is 1.96 bits per heavy atom. The van der Waals surface area contributed by atoms with Crippen molar-refractivity contribution in [1.82, 2.24) is 5.32 Å². The van der Waals surface area contributed by atoms with Gasteiger partial charge in [0.1, 0.15) is 0 Å². The third-order valence-electron chi connectivity index (χ3n) is 4.23. The average Bonchev–Trinajstić information content (AvgIpc) is 2.95. The van der Waals surface area contributed by atoms with Crippen LogP contribution in [0.4, 0.5) is 23.7 Å². The molecule has 2 aromatic carbocycles. The molecule has 7 heteroatoms. The number of hydrogen-bond donors (Lipinski definition) is 2. The molecule has 0 saturated heterocycles. The molecule has 132 valence electrons. The van der Waals surface area contributed by atoms with Crippen molar-refractivity contribution in [3.8, 4) is 0 Å². The summed E-state index contributed by atoms with van der Waals surface area (Å²) in [5, 5.41) is 2.54. The number of fused-ring (bicyclic) bond motifs is 1. The number of rotatable bonds is 4. The molecule has 4 nitrogen and oxygen atoms in total. The molecule has 0 atom stereocenters. The van der Waals surface area contributed by atoms with E-state index in [4.69, 9.17) is 5.73 Å². The Hall–Kier alpha value is -2.70. The third kappa shape index (κ3) is 4.04. The van der Waals surface area contributed by atoms with Crippen LogP contribution in [0.3, 0.4) is 0 Å². The van der Waals surface area contributed by atoms with Crippen LogP contribution in [0.15, 0.2) is 42.5 Å². The van der Waals surface area contributed by atoms with E-state index < -0.39 is 17.8 Å². The van der Waals surface area contributed by atoms with Gasteiger partial charge in [-0.15, -0.1) is 0 Å². The lowest BCUT2D eigenvalue weighted by molar-refractivity contribution is -0.137. The number of carbonyl (C=O) groups is 1. The fourth-order valence-electron chi connectivity index (χ4n) is 3.05. The number of halogens is 3. The van der Waals surface area contributed by atoms with Gasteiger partial charge in [0, 0.05) is 25.3 Å². The van der Waals surface area contributed by atoms with E-state index in [0.29, 0.717) is 18.7 Å². The standard InChI is InChI=1S/C18H18F3N3O/c19-18(20,21)15-3-1-2-13(9-15)11-24-7-6-14-8-12(4-5-16(14)24)10-23-17(22)25/h1-5,8-9H,6-7,10-11H2,(H3,22,23,25). The summed E-state index contributed by atoms with van der Waals surface area (Å²) in [7, 11) is 0. The van der Waals surface area contributed by atoms with Crippen LogP contribution in [0.5, 0.6) is 0 Å². The summed E-state index contributed by atoms with van der Waals surface area (Å²) < 4.78 is 38.5. The Bertz CT molecular complexity index is 789. The quantitative estimate of drug-likeness (QED) is 0.888. The van der Waals surface area contributed by atoms with Gasteiger partial charge in [-0.25, -0.2) is 4.79 Å². The van der Waals surface area contributed by atoms with Crippen molar-refractivity contribution >= 4 is 11.7 Å². The van der Waals surface area contributed by atoms with Gasteiger partial charge in [0.05, 0.1) is 5.56 Å². The molecule has 3 rings (SSSR count). The van der Waals surface area contributed by atoms with Crippen molar-refractivity contribution in [2.45, 2.75) is 25.7 Å². The predicted octanol–water partition coefficient (Wildman–Crippen LogP) is 3.44. The summed E-state index contributed by atoms with van der Waals surface area (Å²) in [5.74, 6) is 0. The minimum atomic E-state index is -4.33. The zero-order valence-corrected chi connectivity index (χ0v) is 13.4. The zero-order chi connectivity index (χ0) is 18.0. The van der Waals surface area contributed by atoms with Crippen LogP contribution in [0.1, 0.15) is 22.3 Å². The Balaban J connectivity index is 1.74. The molecular formula is C18H18F3N3O. The van der Waals surface area contributed by atoms with Crippen molar-refractivity contribution in [2.75, 3.05) is 11.4 Å². The minimum Gasteiger partial charge on any atom is -0.367 e. The van der Waals surface area contributed by atoms with E-state index in [9.17, 15) is 18.0 Å². The highest BCUT2D eigenvalue weighted by Gasteiger charge is 2.30. The van der Waals surface area contributed by atoms with Gasteiger partial charge in [-0.2, -0.15) is 13.2 Å². The number of nitrogens with one attached hydrogen (secondary N) is 1. The zero-order valence-electron chi connectivity index (χ0n) is 13.4. The van der Waals surface area contributed by atoms with Gasteiger partial charge < -0.3 is 16.0 Å². The van der Waals surface area contributed by atoms with E-state index in [-0.39, 0.29) is 0 Å². The van der Waals surface area contributed by atoms with Crippen LogP contribution in [-0.2, 0) is 25.7 Å². The molecule has 0 unspecified atom stereocenters. The number of amides is 2. The molecule has 3 N–H and O–H groups in total. The van der Waals surface area contributed by atoms with Crippen molar-refractivity contribution < 1.29 is 18.0 Å². The second-order valence-corrected chi connectivity index (χ2v) is 6.05. The smallest absolute Gasteiger partial charge is 0.367 e. The number of urea groups is 1. The van der Waals surface area contributed by atoms with Gasteiger partial charge in [-0.05, 0) is 41.3 Å². The molecular weight excluding hydrogens is 331 g/mol. The maximum absolute atomic E-state index is 12.8. The van der Waals surface area contributed by atoms with Crippen LogP contribution in [-0.4, -0.2) is 12.6 Å². The highest BCUT2D eigenvalue weighted by atomic mass is 19.4. The van der Waals surface area contributed by atoms with E-state index in [1.54, 1.807) is 6.07 Å². The van der Waals surface area contributed by atoms with Gasteiger partial charge in [0.15, 0.2) is 0 Å². The lowest BCUT2D eigenvalue weighted by atomic mass is 10.1. The van der Waals surface area contributed by atoms with Gasteiger partial charge in [-0.1, -0.05) is 24.3 Å². The average molecular weight is 349 g/mol. The van der Waals surface area contributed by atoms with E-state index in [1.165, 1.54) is 12.1 Å². The highest BCUT2D eigenvalue weighted by molar-refractivity contribution is 5.71. The van der Waals surface area contributed by atoms with E-state index in [0.717, 1.165) is 35.8 Å². The van der Waals surface area contributed by atoms with E-state index in [2.05, 4.69) is 10.2 Å². The van der Waals surface area contributed by atoms with Gasteiger partial charge in [0.25, 0.3) is 0 Å². The molecule has 1 heterocycles. The first-order valence-corrected chi connectivity index (χ1v) is 7.89. The van der Waals surface area contributed by atoms with Crippen LogP contribution in [0.2, 0.25) is 0 Å². The van der Waals surface area contributed by atoms with Crippen LogP contribution < -0.4 is 16.0 Å². The monoisotopic (exact) mass is 349 g/mol. The maximum Gasteiger partial charge on any atom is 0.416 e. The van der Waals surface area contributed by atoms with Crippen molar-refractivity contribution in [1.29, 1.82) is 0 Å². The molecule has 0 fully saturated rings. The lowest BCUT2D eigenvalue weighted by Crippen LogP contribution is -2.28. The van der Waals surface area contributed by atoms with E-state index >= 15 is 0 Å². The molecule has 2 amide bonds. The first kappa shape index (κ1) is 17.1. The normalized spacial score (nSPS) is 13.6. The Morgan fingerprint density at radius 3 is 2.68 bits per heavy atom. The van der Waals surface area contributed by atoms with Crippen LogP contribution in [0.25, 0.3) is 0 Å². The molecule has 0 radical (unpaired) electrons. The molecule has 2 aromatic rings.